The topological polar surface area (TPSA) is 72.2 Å². The molecule has 1 atom stereocenters. The number of hydrogen-bond acceptors (Lipinski definition) is 5. The lowest BCUT2D eigenvalue weighted by molar-refractivity contribution is 0.538. The highest BCUT2D eigenvalue weighted by atomic mass is 32.2. The molecule has 19 heavy (non-hydrogen) atoms. The Labute approximate surface area is 115 Å². The maximum absolute atomic E-state index is 13.1. The van der Waals surface area contributed by atoms with Gasteiger partial charge in [-0.2, -0.15) is 0 Å². The molecule has 7 heteroatoms. The van der Waals surface area contributed by atoms with Gasteiger partial charge >= 0.3 is 0 Å². The maximum Gasteiger partial charge on any atom is 0.147 e. The standard InChI is InChI=1S/C12H15FN2O2S2/c1-19(16,17)5-4-10(15-14)12-6-8-2-3-9(13)7-11(8)18-12/h2-3,6-7,10,15H,4-5,14H2,1H3. The van der Waals surface area contributed by atoms with Crippen LogP contribution in [0.1, 0.15) is 17.3 Å². The molecule has 0 aliphatic heterocycles. The molecule has 1 unspecified atom stereocenters. The Hall–Kier alpha value is -1.02. The van der Waals surface area contributed by atoms with Crippen LogP contribution in [0.25, 0.3) is 10.1 Å². The molecule has 1 aromatic carbocycles. The zero-order valence-electron chi connectivity index (χ0n) is 10.4. The number of rotatable bonds is 5. The van der Waals surface area contributed by atoms with Crippen molar-refractivity contribution in [3.63, 3.8) is 0 Å². The first kappa shape index (κ1) is 14.4. The number of halogens is 1. The highest BCUT2D eigenvalue weighted by molar-refractivity contribution is 7.90. The van der Waals surface area contributed by atoms with Crippen LogP contribution < -0.4 is 11.3 Å². The number of fused-ring (bicyclic) bond motifs is 1. The second kappa shape index (κ2) is 5.54. The monoisotopic (exact) mass is 302 g/mol. The highest BCUT2D eigenvalue weighted by Crippen LogP contribution is 2.31. The number of hydrazine groups is 1. The lowest BCUT2D eigenvalue weighted by Gasteiger charge is -2.12. The molecule has 4 nitrogen and oxygen atoms in total. The van der Waals surface area contributed by atoms with E-state index in [1.807, 2.05) is 6.07 Å². The van der Waals surface area contributed by atoms with E-state index in [4.69, 9.17) is 5.84 Å². The first-order valence-corrected chi connectivity index (χ1v) is 8.59. The van der Waals surface area contributed by atoms with E-state index >= 15 is 0 Å². The number of thiophene rings is 1. The van der Waals surface area contributed by atoms with Crippen molar-refractivity contribution in [2.75, 3.05) is 12.0 Å². The first-order valence-electron chi connectivity index (χ1n) is 5.72. The minimum Gasteiger partial charge on any atom is -0.271 e. The first-order chi connectivity index (χ1) is 8.89. The predicted octanol–water partition coefficient (Wildman–Crippen LogP) is 1.98. The minimum atomic E-state index is -3.02. The number of benzene rings is 1. The van der Waals surface area contributed by atoms with Crippen molar-refractivity contribution in [3.05, 3.63) is 35.0 Å². The molecule has 3 N–H and O–H groups in total. The Morgan fingerprint density at radius 2 is 2.16 bits per heavy atom. The van der Waals surface area contributed by atoms with Crippen molar-refractivity contribution < 1.29 is 12.8 Å². The van der Waals surface area contributed by atoms with Crippen LogP contribution in [0.2, 0.25) is 0 Å². The lowest BCUT2D eigenvalue weighted by atomic mass is 10.1. The van der Waals surface area contributed by atoms with Gasteiger partial charge in [0.15, 0.2) is 0 Å². The van der Waals surface area contributed by atoms with Crippen molar-refractivity contribution in [1.29, 1.82) is 0 Å². The van der Waals surface area contributed by atoms with Crippen LogP contribution in [-0.4, -0.2) is 20.4 Å². The number of nitrogens with one attached hydrogen (secondary N) is 1. The molecular weight excluding hydrogens is 287 g/mol. The summed E-state index contributed by atoms with van der Waals surface area (Å²) in [5, 5.41) is 0.931. The smallest absolute Gasteiger partial charge is 0.147 e. The van der Waals surface area contributed by atoms with Gasteiger partial charge in [0, 0.05) is 15.8 Å². The fraction of sp³-hybridized carbons (Fsp3) is 0.333. The van der Waals surface area contributed by atoms with Gasteiger partial charge in [0.2, 0.25) is 0 Å². The number of hydrogen-bond donors (Lipinski definition) is 2. The second-order valence-electron chi connectivity index (χ2n) is 4.47. The molecule has 0 radical (unpaired) electrons. The summed E-state index contributed by atoms with van der Waals surface area (Å²) in [6.07, 6.45) is 1.59. The van der Waals surface area contributed by atoms with Gasteiger partial charge in [-0.25, -0.2) is 12.8 Å². The SMILES string of the molecule is CS(=O)(=O)CCC(NN)c1cc2ccc(F)cc2s1. The second-order valence-corrected chi connectivity index (χ2v) is 7.84. The summed E-state index contributed by atoms with van der Waals surface area (Å²) in [6.45, 7) is 0. The van der Waals surface area contributed by atoms with Crippen molar-refractivity contribution >= 4 is 31.3 Å². The van der Waals surface area contributed by atoms with Crippen LogP contribution in [-0.2, 0) is 9.84 Å². The fourth-order valence-corrected chi connectivity index (χ4v) is 3.69. The van der Waals surface area contributed by atoms with Crippen LogP contribution in [0.4, 0.5) is 4.39 Å². The average Bonchev–Trinajstić information content (AvgIpc) is 2.71. The Balaban J connectivity index is 2.25. The molecular formula is C12H15FN2O2S2. The number of sulfone groups is 1. The maximum atomic E-state index is 13.1. The summed E-state index contributed by atoms with van der Waals surface area (Å²) >= 11 is 1.42. The summed E-state index contributed by atoms with van der Waals surface area (Å²) in [7, 11) is -3.02. The minimum absolute atomic E-state index is 0.0600. The molecule has 0 bridgehead atoms. The molecule has 104 valence electrons. The van der Waals surface area contributed by atoms with Crippen LogP contribution in [0.3, 0.4) is 0 Å². The van der Waals surface area contributed by atoms with E-state index in [1.165, 1.54) is 29.7 Å². The van der Waals surface area contributed by atoms with Gasteiger partial charge in [0.1, 0.15) is 15.7 Å². The van der Waals surface area contributed by atoms with Gasteiger partial charge < -0.3 is 0 Å². The molecule has 0 amide bonds. The van der Waals surface area contributed by atoms with Crippen LogP contribution in [0, 0.1) is 5.82 Å². The fourth-order valence-electron chi connectivity index (χ4n) is 1.84. The third kappa shape index (κ3) is 3.73. The number of nitrogens with two attached hydrogens (primary N) is 1. The van der Waals surface area contributed by atoms with Crippen molar-refractivity contribution in [2.24, 2.45) is 5.84 Å². The molecule has 2 aromatic rings. The molecule has 0 spiro atoms. The van der Waals surface area contributed by atoms with E-state index in [0.29, 0.717) is 6.42 Å². The Kier molecular flexibility index (Phi) is 4.19. The summed E-state index contributed by atoms with van der Waals surface area (Å²) in [5.74, 6) is 5.25. The van der Waals surface area contributed by atoms with Gasteiger partial charge in [0.05, 0.1) is 11.8 Å². The van der Waals surface area contributed by atoms with Crippen LogP contribution in [0.5, 0.6) is 0 Å². The quantitative estimate of drug-likeness (QED) is 0.654. The molecule has 0 aliphatic carbocycles. The molecule has 1 aromatic heterocycles. The zero-order chi connectivity index (χ0) is 14.0. The molecule has 0 fully saturated rings. The molecule has 2 rings (SSSR count). The third-order valence-electron chi connectivity index (χ3n) is 2.82. The van der Waals surface area contributed by atoms with E-state index in [0.717, 1.165) is 15.0 Å². The Bertz CT molecular complexity index is 682. The van der Waals surface area contributed by atoms with Gasteiger partial charge in [-0.3, -0.25) is 11.3 Å². The van der Waals surface area contributed by atoms with Crippen molar-refractivity contribution in [2.45, 2.75) is 12.5 Å². The molecule has 0 saturated carbocycles. The van der Waals surface area contributed by atoms with Crippen molar-refractivity contribution in [3.8, 4) is 0 Å². The highest BCUT2D eigenvalue weighted by Gasteiger charge is 2.15. The normalized spacial score (nSPS) is 13.8. The largest absolute Gasteiger partial charge is 0.271 e. The average molecular weight is 302 g/mol. The van der Waals surface area contributed by atoms with Crippen molar-refractivity contribution in [1.82, 2.24) is 5.43 Å². The molecule has 0 saturated heterocycles. The summed E-state index contributed by atoms with van der Waals surface area (Å²) in [6, 6.07) is 6.24. The summed E-state index contributed by atoms with van der Waals surface area (Å²) < 4.78 is 36.3. The Morgan fingerprint density at radius 3 is 2.79 bits per heavy atom. The lowest BCUT2D eigenvalue weighted by Crippen LogP contribution is -2.28. The van der Waals surface area contributed by atoms with Crippen LogP contribution in [0.15, 0.2) is 24.3 Å². The van der Waals surface area contributed by atoms with Gasteiger partial charge in [-0.15, -0.1) is 11.3 Å². The Morgan fingerprint density at radius 1 is 1.42 bits per heavy atom. The summed E-state index contributed by atoms with van der Waals surface area (Å²) in [4.78, 5) is 0.909. The van der Waals surface area contributed by atoms with E-state index < -0.39 is 9.84 Å². The van der Waals surface area contributed by atoms with E-state index in [2.05, 4.69) is 5.43 Å². The van der Waals surface area contributed by atoms with Gasteiger partial charge in [-0.1, -0.05) is 6.07 Å². The summed E-state index contributed by atoms with van der Waals surface area (Å²) in [5.41, 5.74) is 2.62. The van der Waals surface area contributed by atoms with E-state index in [9.17, 15) is 12.8 Å². The molecule has 0 aliphatic rings. The van der Waals surface area contributed by atoms with E-state index in [-0.39, 0.29) is 17.6 Å². The van der Waals surface area contributed by atoms with E-state index in [1.54, 1.807) is 6.07 Å². The zero-order valence-corrected chi connectivity index (χ0v) is 12.0. The molecule has 1 heterocycles. The predicted molar refractivity (Wildman–Crippen MR) is 76.2 cm³/mol. The third-order valence-corrected chi connectivity index (χ3v) is 5.01. The van der Waals surface area contributed by atoms with Crippen LogP contribution >= 0.6 is 11.3 Å². The van der Waals surface area contributed by atoms with Gasteiger partial charge in [-0.05, 0) is 30.0 Å². The van der Waals surface area contributed by atoms with Gasteiger partial charge in [0.25, 0.3) is 0 Å².